The zero-order valence-corrected chi connectivity index (χ0v) is 15.5. The first kappa shape index (κ1) is 16.9. The van der Waals surface area contributed by atoms with E-state index in [9.17, 15) is 8.42 Å². The predicted octanol–water partition coefficient (Wildman–Crippen LogP) is 2.88. The summed E-state index contributed by atoms with van der Waals surface area (Å²) in [6.07, 6.45) is 0. The smallest absolute Gasteiger partial charge is 0.241 e. The zero-order chi connectivity index (χ0) is 16.1. The Morgan fingerprint density at radius 2 is 1.76 bits per heavy atom. The number of hydrogen-bond donors (Lipinski definition) is 2. The van der Waals surface area contributed by atoms with E-state index in [1.165, 1.54) is 0 Å². The lowest BCUT2D eigenvalue weighted by Crippen LogP contribution is -2.30. The van der Waals surface area contributed by atoms with Gasteiger partial charge in [-0.1, -0.05) is 33.8 Å². The molecule has 1 aliphatic rings. The van der Waals surface area contributed by atoms with Gasteiger partial charge in [-0.2, -0.15) is 0 Å². The standard InChI is InChI=1S/C15H23BrN2O2S/c1-14(2)13(15(14,3)4)18-21(19,20)12-7-6-10(9-17-5)8-11(12)16/h6-8,13,17-18H,9H2,1-5H3. The summed E-state index contributed by atoms with van der Waals surface area (Å²) in [6, 6.07) is 5.29. The van der Waals surface area contributed by atoms with Crippen molar-refractivity contribution >= 4 is 26.0 Å². The minimum Gasteiger partial charge on any atom is -0.316 e. The average Bonchev–Trinajstić information content (AvgIpc) is 2.71. The third-order valence-electron chi connectivity index (χ3n) is 4.96. The topological polar surface area (TPSA) is 58.2 Å². The molecule has 0 heterocycles. The lowest BCUT2D eigenvalue weighted by atomic mass is 10.0. The molecule has 1 aromatic carbocycles. The van der Waals surface area contributed by atoms with Crippen LogP contribution in [0.3, 0.4) is 0 Å². The molecule has 2 N–H and O–H groups in total. The second-order valence-corrected chi connectivity index (χ2v) is 9.33. The fraction of sp³-hybridized carbons (Fsp3) is 0.600. The van der Waals surface area contributed by atoms with Crippen molar-refractivity contribution in [2.75, 3.05) is 7.05 Å². The zero-order valence-electron chi connectivity index (χ0n) is 13.1. The first-order valence-electron chi connectivity index (χ1n) is 6.99. The maximum atomic E-state index is 12.6. The van der Waals surface area contributed by atoms with Gasteiger partial charge >= 0.3 is 0 Å². The van der Waals surface area contributed by atoms with Crippen LogP contribution in [0.1, 0.15) is 33.3 Å². The molecule has 1 saturated carbocycles. The molecule has 0 bridgehead atoms. The molecule has 0 aromatic heterocycles. The van der Waals surface area contributed by atoms with E-state index in [4.69, 9.17) is 0 Å². The molecule has 2 rings (SSSR count). The molecule has 0 unspecified atom stereocenters. The molecule has 0 atom stereocenters. The Morgan fingerprint density at radius 1 is 1.19 bits per heavy atom. The van der Waals surface area contributed by atoms with Crippen molar-refractivity contribution in [3.8, 4) is 0 Å². The highest BCUT2D eigenvalue weighted by molar-refractivity contribution is 9.10. The van der Waals surface area contributed by atoms with Crippen molar-refractivity contribution in [1.82, 2.24) is 10.0 Å². The second-order valence-electron chi connectivity index (χ2n) is 6.79. The molecule has 1 fully saturated rings. The molecule has 1 aliphatic carbocycles. The summed E-state index contributed by atoms with van der Waals surface area (Å²) in [6.45, 7) is 9.06. The van der Waals surface area contributed by atoms with Crippen LogP contribution in [0.15, 0.2) is 27.6 Å². The molecular formula is C15H23BrN2O2S. The van der Waals surface area contributed by atoms with Crippen molar-refractivity contribution in [3.63, 3.8) is 0 Å². The maximum absolute atomic E-state index is 12.6. The van der Waals surface area contributed by atoms with Crippen LogP contribution < -0.4 is 10.0 Å². The quantitative estimate of drug-likeness (QED) is 0.832. The average molecular weight is 375 g/mol. The predicted molar refractivity (Wildman–Crippen MR) is 88.6 cm³/mol. The number of halogens is 1. The monoisotopic (exact) mass is 374 g/mol. The van der Waals surface area contributed by atoms with E-state index in [1.54, 1.807) is 6.07 Å². The van der Waals surface area contributed by atoms with Crippen molar-refractivity contribution in [2.24, 2.45) is 10.8 Å². The molecule has 6 heteroatoms. The Labute approximate surface area is 135 Å². The molecule has 0 radical (unpaired) electrons. The molecule has 0 saturated heterocycles. The van der Waals surface area contributed by atoms with E-state index in [0.29, 0.717) is 15.9 Å². The highest BCUT2D eigenvalue weighted by Gasteiger charge is 2.66. The largest absolute Gasteiger partial charge is 0.316 e. The van der Waals surface area contributed by atoms with Crippen LogP contribution in [0.4, 0.5) is 0 Å². The number of hydrogen-bond acceptors (Lipinski definition) is 3. The highest BCUT2D eigenvalue weighted by atomic mass is 79.9. The summed E-state index contributed by atoms with van der Waals surface area (Å²) < 4.78 is 28.6. The minimum absolute atomic E-state index is 0.0291. The summed E-state index contributed by atoms with van der Waals surface area (Å²) in [5.74, 6) is 0. The first-order chi connectivity index (χ1) is 9.54. The Morgan fingerprint density at radius 3 is 2.19 bits per heavy atom. The lowest BCUT2D eigenvalue weighted by molar-refractivity contribution is 0.457. The van der Waals surface area contributed by atoms with Gasteiger partial charge in [-0.25, -0.2) is 13.1 Å². The van der Waals surface area contributed by atoms with Crippen LogP contribution >= 0.6 is 15.9 Å². The molecule has 0 amide bonds. The van der Waals surface area contributed by atoms with Gasteiger partial charge in [-0.05, 0) is 51.5 Å². The fourth-order valence-corrected chi connectivity index (χ4v) is 5.44. The van der Waals surface area contributed by atoms with E-state index in [-0.39, 0.29) is 16.9 Å². The van der Waals surface area contributed by atoms with E-state index < -0.39 is 10.0 Å². The van der Waals surface area contributed by atoms with Crippen LogP contribution in [0.2, 0.25) is 0 Å². The Kier molecular flexibility index (Phi) is 4.30. The Hall–Kier alpha value is -0.430. The highest BCUT2D eigenvalue weighted by Crippen LogP contribution is 2.63. The van der Waals surface area contributed by atoms with E-state index in [2.05, 4.69) is 53.7 Å². The minimum atomic E-state index is -3.52. The summed E-state index contributed by atoms with van der Waals surface area (Å²) in [5, 5.41) is 3.05. The number of nitrogens with one attached hydrogen (secondary N) is 2. The summed E-state index contributed by atoms with van der Waals surface area (Å²) in [5.41, 5.74) is 0.979. The molecular weight excluding hydrogens is 352 g/mol. The van der Waals surface area contributed by atoms with Crippen LogP contribution in [0.25, 0.3) is 0 Å². The molecule has 118 valence electrons. The van der Waals surface area contributed by atoms with E-state index in [1.807, 2.05) is 19.2 Å². The van der Waals surface area contributed by atoms with Crippen molar-refractivity contribution in [1.29, 1.82) is 0 Å². The van der Waals surface area contributed by atoms with Crippen LogP contribution in [-0.4, -0.2) is 21.5 Å². The number of benzene rings is 1. The van der Waals surface area contributed by atoms with Crippen molar-refractivity contribution < 1.29 is 8.42 Å². The number of sulfonamides is 1. The van der Waals surface area contributed by atoms with Gasteiger partial charge in [0.2, 0.25) is 10.0 Å². The van der Waals surface area contributed by atoms with E-state index in [0.717, 1.165) is 5.56 Å². The van der Waals surface area contributed by atoms with Gasteiger partial charge in [-0.15, -0.1) is 0 Å². The third-order valence-corrected chi connectivity index (χ3v) is 7.36. The van der Waals surface area contributed by atoms with Crippen molar-refractivity contribution in [3.05, 3.63) is 28.2 Å². The third kappa shape index (κ3) is 2.91. The Bertz CT molecular complexity index is 640. The molecule has 0 aliphatic heterocycles. The molecule has 4 nitrogen and oxygen atoms in total. The summed E-state index contributed by atoms with van der Waals surface area (Å²) >= 11 is 3.37. The van der Waals surface area contributed by atoms with Gasteiger partial charge in [0.05, 0.1) is 4.90 Å². The van der Waals surface area contributed by atoms with Crippen LogP contribution in [0, 0.1) is 10.8 Å². The van der Waals surface area contributed by atoms with Gasteiger partial charge in [0, 0.05) is 17.1 Å². The normalized spacial score (nSPS) is 20.5. The van der Waals surface area contributed by atoms with Gasteiger partial charge in [-0.3, -0.25) is 0 Å². The van der Waals surface area contributed by atoms with Gasteiger partial charge in [0.25, 0.3) is 0 Å². The summed E-state index contributed by atoms with van der Waals surface area (Å²) in [7, 11) is -1.66. The van der Waals surface area contributed by atoms with Crippen molar-refractivity contribution in [2.45, 2.75) is 45.2 Å². The van der Waals surface area contributed by atoms with Gasteiger partial charge in [0.15, 0.2) is 0 Å². The summed E-state index contributed by atoms with van der Waals surface area (Å²) in [4.78, 5) is 0.292. The second kappa shape index (κ2) is 5.33. The van der Waals surface area contributed by atoms with Crippen LogP contribution in [0.5, 0.6) is 0 Å². The number of rotatable bonds is 5. The molecule has 0 spiro atoms. The van der Waals surface area contributed by atoms with Gasteiger partial charge in [0.1, 0.15) is 0 Å². The molecule has 21 heavy (non-hydrogen) atoms. The fourth-order valence-electron chi connectivity index (χ4n) is 2.79. The first-order valence-corrected chi connectivity index (χ1v) is 9.27. The molecule has 1 aromatic rings. The SMILES string of the molecule is CNCc1ccc(S(=O)(=O)NC2C(C)(C)C2(C)C)c(Br)c1. The lowest BCUT2D eigenvalue weighted by Gasteiger charge is -2.11. The van der Waals surface area contributed by atoms with Gasteiger partial charge < -0.3 is 5.32 Å². The van der Waals surface area contributed by atoms with Crippen LogP contribution in [-0.2, 0) is 16.6 Å². The maximum Gasteiger partial charge on any atom is 0.241 e. The van der Waals surface area contributed by atoms with E-state index >= 15 is 0 Å². The Balaban J connectivity index is 2.25.